The van der Waals surface area contributed by atoms with Gasteiger partial charge in [0.05, 0.1) is 0 Å². The maximum atomic E-state index is 6.87. The highest BCUT2D eigenvalue weighted by molar-refractivity contribution is 6.31. The molecule has 3 rings (SSSR count). The van der Waals surface area contributed by atoms with Gasteiger partial charge >= 0.3 is 0 Å². The van der Waals surface area contributed by atoms with Crippen LogP contribution in [0.5, 0.6) is 0 Å². The fraction of sp³-hybridized carbons (Fsp3) is 0.514. The summed E-state index contributed by atoms with van der Waals surface area (Å²) in [6.45, 7) is 18.2. The van der Waals surface area contributed by atoms with Crippen molar-refractivity contribution in [3.8, 4) is 0 Å². The third kappa shape index (κ3) is 8.53. The Kier molecular flexibility index (Phi) is 13.4. The first-order valence-corrected chi connectivity index (χ1v) is 16.3. The van der Waals surface area contributed by atoms with E-state index in [1.807, 2.05) is 12.1 Å². The topological polar surface area (TPSA) is 6.48 Å². The molecular formula is C37H53ClN2. The molecule has 0 saturated heterocycles. The molecule has 2 nitrogen and oxygen atoms in total. The standard InChI is InChI=1S/C37H53ClN2/c1-7-11-23-39(24-12-8-2)35-21-19-31(27-29(35)5)37(33-17-15-16-18-34(33)38)32-20-22-36(30(6)28-32)40(25-13-9-3)26-14-10-4/h15-22,27-28,37H,7-14,23-26H2,1-6H3. The number of anilines is 2. The molecule has 0 heterocycles. The van der Waals surface area contributed by atoms with Crippen LogP contribution in [0.3, 0.4) is 0 Å². The minimum absolute atomic E-state index is 0.0914. The van der Waals surface area contributed by atoms with Crippen LogP contribution in [0.1, 0.15) is 113 Å². The maximum absolute atomic E-state index is 6.87. The molecule has 218 valence electrons. The van der Waals surface area contributed by atoms with E-state index in [0.717, 1.165) is 31.2 Å². The molecule has 40 heavy (non-hydrogen) atoms. The lowest BCUT2D eigenvalue weighted by Crippen LogP contribution is -2.26. The SMILES string of the molecule is CCCCN(CCCC)c1ccc(C(c2ccc(N(CCCC)CCCC)c(C)c2)c2ccccc2Cl)cc1C. The second kappa shape index (κ2) is 16.7. The van der Waals surface area contributed by atoms with E-state index in [4.69, 9.17) is 11.6 Å². The summed E-state index contributed by atoms with van der Waals surface area (Å²) in [5, 5.41) is 0.830. The Balaban J connectivity index is 2.04. The van der Waals surface area contributed by atoms with Crippen molar-refractivity contribution < 1.29 is 0 Å². The van der Waals surface area contributed by atoms with Crippen LogP contribution in [-0.4, -0.2) is 26.2 Å². The third-order valence-electron chi connectivity index (χ3n) is 8.13. The van der Waals surface area contributed by atoms with Gasteiger partial charge in [0, 0.05) is 48.5 Å². The molecule has 0 N–H and O–H groups in total. The van der Waals surface area contributed by atoms with Gasteiger partial charge in [-0.25, -0.2) is 0 Å². The van der Waals surface area contributed by atoms with Gasteiger partial charge in [0.2, 0.25) is 0 Å². The molecule has 0 amide bonds. The van der Waals surface area contributed by atoms with Crippen molar-refractivity contribution >= 4 is 23.0 Å². The lowest BCUT2D eigenvalue weighted by Gasteiger charge is -2.29. The van der Waals surface area contributed by atoms with Crippen LogP contribution in [0.4, 0.5) is 11.4 Å². The average molecular weight is 561 g/mol. The summed E-state index contributed by atoms with van der Waals surface area (Å²) < 4.78 is 0. The Morgan fingerprint density at radius 2 is 0.975 bits per heavy atom. The summed E-state index contributed by atoms with van der Waals surface area (Å²) in [4.78, 5) is 5.19. The first kappa shape index (κ1) is 32.1. The van der Waals surface area contributed by atoms with E-state index in [9.17, 15) is 0 Å². The van der Waals surface area contributed by atoms with Crippen LogP contribution in [0.2, 0.25) is 5.02 Å². The van der Waals surface area contributed by atoms with Crippen molar-refractivity contribution in [1.29, 1.82) is 0 Å². The van der Waals surface area contributed by atoms with Gasteiger partial charge in [0.15, 0.2) is 0 Å². The number of nitrogens with zero attached hydrogens (tertiary/aromatic N) is 2. The van der Waals surface area contributed by atoms with E-state index < -0.39 is 0 Å². The van der Waals surface area contributed by atoms with E-state index in [1.54, 1.807) is 0 Å². The zero-order valence-corrected chi connectivity index (χ0v) is 26.9. The molecule has 3 aromatic rings. The minimum atomic E-state index is 0.0914. The smallest absolute Gasteiger partial charge is 0.0447 e. The van der Waals surface area contributed by atoms with Crippen molar-refractivity contribution in [2.75, 3.05) is 36.0 Å². The molecule has 3 aromatic carbocycles. The predicted octanol–water partition coefficient (Wildman–Crippen LogP) is 11.0. The zero-order valence-electron chi connectivity index (χ0n) is 26.1. The van der Waals surface area contributed by atoms with Gasteiger partial charge in [0.1, 0.15) is 0 Å². The van der Waals surface area contributed by atoms with Gasteiger partial charge in [-0.15, -0.1) is 0 Å². The zero-order chi connectivity index (χ0) is 28.9. The van der Waals surface area contributed by atoms with E-state index in [-0.39, 0.29) is 5.92 Å². The highest BCUT2D eigenvalue weighted by atomic mass is 35.5. The van der Waals surface area contributed by atoms with Gasteiger partial charge in [0.25, 0.3) is 0 Å². The highest BCUT2D eigenvalue weighted by Gasteiger charge is 2.22. The lowest BCUT2D eigenvalue weighted by atomic mass is 9.83. The number of hydrogen-bond acceptors (Lipinski definition) is 2. The van der Waals surface area contributed by atoms with Crippen molar-refractivity contribution in [3.05, 3.63) is 93.5 Å². The Morgan fingerprint density at radius 1 is 0.575 bits per heavy atom. The first-order chi connectivity index (χ1) is 19.4. The summed E-state index contributed by atoms with van der Waals surface area (Å²) in [7, 11) is 0. The van der Waals surface area contributed by atoms with E-state index >= 15 is 0 Å². The summed E-state index contributed by atoms with van der Waals surface area (Å²) in [6.07, 6.45) is 9.79. The molecule has 0 fully saturated rings. The molecule has 0 atom stereocenters. The number of halogens is 1. The van der Waals surface area contributed by atoms with E-state index in [1.165, 1.54) is 90.6 Å². The molecule has 0 aromatic heterocycles. The third-order valence-corrected chi connectivity index (χ3v) is 8.48. The fourth-order valence-corrected chi connectivity index (χ4v) is 6.03. The Bertz CT molecular complexity index is 1090. The molecule has 0 aliphatic heterocycles. The number of aryl methyl sites for hydroxylation is 2. The Labute approximate surface area is 250 Å². The van der Waals surface area contributed by atoms with Crippen LogP contribution in [-0.2, 0) is 0 Å². The minimum Gasteiger partial charge on any atom is -0.371 e. The highest BCUT2D eigenvalue weighted by Crippen LogP contribution is 2.39. The molecule has 0 saturated carbocycles. The summed E-state index contributed by atoms with van der Waals surface area (Å²) in [6, 6.07) is 22.6. The molecule has 0 spiro atoms. The molecule has 0 aliphatic carbocycles. The van der Waals surface area contributed by atoms with Gasteiger partial charge in [-0.05, 0) is 85.5 Å². The van der Waals surface area contributed by atoms with E-state index in [2.05, 4.69) is 99.9 Å². The second-order valence-electron chi connectivity index (χ2n) is 11.4. The number of rotatable bonds is 17. The molecule has 0 bridgehead atoms. The van der Waals surface area contributed by atoms with Gasteiger partial charge in [-0.2, -0.15) is 0 Å². The Hall–Kier alpha value is -2.45. The van der Waals surface area contributed by atoms with Crippen LogP contribution in [0.25, 0.3) is 0 Å². The van der Waals surface area contributed by atoms with Crippen molar-refractivity contribution in [2.45, 2.75) is 98.8 Å². The number of benzene rings is 3. The van der Waals surface area contributed by atoms with Gasteiger partial charge < -0.3 is 9.80 Å². The molecule has 0 radical (unpaired) electrons. The van der Waals surface area contributed by atoms with Crippen LogP contribution >= 0.6 is 11.6 Å². The van der Waals surface area contributed by atoms with Gasteiger partial charge in [-0.3, -0.25) is 0 Å². The van der Waals surface area contributed by atoms with Crippen LogP contribution in [0, 0.1) is 13.8 Å². The number of unbranched alkanes of at least 4 members (excludes halogenated alkanes) is 4. The summed E-state index contributed by atoms with van der Waals surface area (Å²) in [5.41, 5.74) is 9.23. The predicted molar refractivity (Wildman–Crippen MR) is 179 cm³/mol. The largest absolute Gasteiger partial charge is 0.371 e. The normalized spacial score (nSPS) is 11.3. The molecule has 0 unspecified atom stereocenters. The molecule has 0 aliphatic rings. The maximum Gasteiger partial charge on any atom is 0.0447 e. The van der Waals surface area contributed by atoms with Crippen molar-refractivity contribution in [3.63, 3.8) is 0 Å². The second-order valence-corrected chi connectivity index (χ2v) is 11.8. The first-order valence-electron chi connectivity index (χ1n) is 15.9. The molecule has 3 heteroatoms. The monoisotopic (exact) mass is 560 g/mol. The van der Waals surface area contributed by atoms with Crippen LogP contribution in [0.15, 0.2) is 60.7 Å². The Morgan fingerprint density at radius 3 is 1.32 bits per heavy atom. The fourth-order valence-electron chi connectivity index (χ4n) is 5.79. The average Bonchev–Trinajstić information content (AvgIpc) is 2.95. The summed E-state index contributed by atoms with van der Waals surface area (Å²) >= 11 is 6.87. The number of hydrogen-bond donors (Lipinski definition) is 0. The van der Waals surface area contributed by atoms with Crippen LogP contribution < -0.4 is 9.80 Å². The summed E-state index contributed by atoms with van der Waals surface area (Å²) in [5.74, 6) is 0.0914. The van der Waals surface area contributed by atoms with Crippen molar-refractivity contribution in [2.24, 2.45) is 0 Å². The van der Waals surface area contributed by atoms with Crippen molar-refractivity contribution in [1.82, 2.24) is 0 Å². The quantitative estimate of drug-likeness (QED) is 0.151. The lowest BCUT2D eigenvalue weighted by molar-refractivity contribution is 0.676. The van der Waals surface area contributed by atoms with Gasteiger partial charge in [-0.1, -0.05) is 107 Å². The molecular weight excluding hydrogens is 508 g/mol. The van der Waals surface area contributed by atoms with E-state index in [0.29, 0.717) is 0 Å².